The van der Waals surface area contributed by atoms with Crippen molar-refractivity contribution >= 4 is 40.3 Å². The Morgan fingerprint density at radius 1 is 0.784 bits per heavy atom. The van der Waals surface area contributed by atoms with Crippen molar-refractivity contribution in [1.29, 1.82) is 0 Å². The van der Waals surface area contributed by atoms with Crippen LogP contribution in [-0.4, -0.2) is 21.8 Å². The summed E-state index contributed by atoms with van der Waals surface area (Å²) in [6, 6.07) is 32.8. The molecule has 0 aliphatic rings. The minimum atomic E-state index is -0.204. The number of nitrogens with one attached hydrogen (secondary N) is 3. The standard InChI is InChI=1S/C31H26N4O2/c36-29(19-11-22-7-3-1-4-8-22)32-25-15-13-24(14-16-25)31-34-27-18-17-26(21-28(27)35-31)33-30(37)20-12-23-9-5-2-6-10-23/h1-10,12-18,20-21H,11,19H2,(H,32,36)(H,33,37)(H,34,35)/b20-12+. The molecule has 0 saturated carbocycles. The summed E-state index contributed by atoms with van der Waals surface area (Å²) in [5, 5.41) is 5.83. The molecule has 0 radical (unpaired) electrons. The SMILES string of the molecule is O=C(/C=C/c1ccccc1)Nc1ccc2nc(-c3ccc(NC(=O)CCc4ccccc4)cc3)[nH]c2c1. The van der Waals surface area contributed by atoms with Crippen LogP contribution in [0.2, 0.25) is 0 Å². The number of hydrogen-bond donors (Lipinski definition) is 3. The number of imidazole rings is 1. The molecular formula is C31H26N4O2. The molecular weight excluding hydrogens is 460 g/mol. The van der Waals surface area contributed by atoms with Gasteiger partial charge in [0.1, 0.15) is 5.82 Å². The van der Waals surface area contributed by atoms with E-state index in [9.17, 15) is 9.59 Å². The summed E-state index contributed by atoms with van der Waals surface area (Å²) < 4.78 is 0. The summed E-state index contributed by atoms with van der Waals surface area (Å²) in [4.78, 5) is 32.6. The Kier molecular flexibility index (Phi) is 7.18. The summed E-state index contributed by atoms with van der Waals surface area (Å²) in [5.41, 5.74) is 6.04. The monoisotopic (exact) mass is 486 g/mol. The second-order valence-corrected chi connectivity index (χ2v) is 8.66. The van der Waals surface area contributed by atoms with Crippen molar-refractivity contribution in [2.75, 3.05) is 10.6 Å². The lowest BCUT2D eigenvalue weighted by Crippen LogP contribution is -2.12. The fourth-order valence-electron chi connectivity index (χ4n) is 3.98. The number of hydrogen-bond acceptors (Lipinski definition) is 3. The van der Waals surface area contributed by atoms with Gasteiger partial charge in [-0.2, -0.15) is 0 Å². The first-order chi connectivity index (χ1) is 18.1. The molecule has 5 rings (SSSR count). The van der Waals surface area contributed by atoms with Gasteiger partial charge in [0, 0.05) is 29.4 Å². The Bertz CT molecular complexity index is 1540. The van der Waals surface area contributed by atoms with Crippen LogP contribution in [0.1, 0.15) is 17.5 Å². The number of H-pyrrole nitrogens is 1. The van der Waals surface area contributed by atoms with E-state index >= 15 is 0 Å². The van der Waals surface area contributed by atoms with E-state index in [1.807, 2.05) is 103 Å². The van der Waals surface area contributed by atoms with Gasteiger partial charge in [0.15, 0.2) is 0 Å². The highest BCUT2D eigenvalue weighted by Crippen LogP contribution is 2.24. The van der Waals surface area contributed by atoms with Crippen LogP contribution in [-0.2, 0) is 16.0 Å². The topological polar surface area (TPSA) is 86.9 Å². The second kappa shape index (κ2) is 11.2. The Morgan fingerprint density at radius 2 is 1.49 bits per heavy atom. The highest BCUT2D eigenvalue weighted by molar-refractivity contribution is 6.02. The van der Waals surface area contributed by atoms with E-state index in [1.165, 1.54) is 6.08 Å². The molecule has 0 unspecified atom stereocenters. The molecule has 1 aromatic heterocycles. The number of fused-ring (bicyclic) bond motifs is 1. The maximum Gasteiger partial charge on any atom is 0.248 e. The third-order valence-electron chi connectivity index (χ3n) is 5.90. The maximum atomic E-state index is 12.3. The lowest BCUT2D eigenvalue weighted by atomic mass is 10.1. The minimum Gasteiger partial charge on any atom is -0.338 e. The van der Waals surface area contributed by atoms with Crippen molar-refractivity contribution in [1.82, 2.24) is 9.97 Å². The molecule has 0 fully saturated rings. The zero-order valence-corrected chi connectivity index (χ0v) is 20.1. The van der Waals surface area contributed by atoms with Gasteiger partial charge in [0.05, 0.1) is 11.0 Å². The van der Waals surface area contributed by atoms with Crippen LogP contribution < -0.4 is 10.6 Å². The molecule has 0 saturated heterocycles. The number of carbonyl (C=O) groups is 2. The first kappa shape index (κ1) is 23.8. The van der Waals surface area contributed by atoms with Crippen molar-refractivity contribution in [3.8, 4) is 11.4 Å². The minimum absolute atomic E-state index is 0.0199. The molecule has 4 aromatic carbocycles. The predicted octanol–water partition coefficient (Wildman–Crippen LogP) is 6.45. The maximum absolute atomic E-state index is 12.3. The molecule has 1 heterocycles. The fraction of sp³-hybridized carbons (Fsp3) is 0.0645. The van der Waals surface area contributed by atoms with Crippen LogP contribution in [0, 0.1) is 0 Å². The summed E-state index contributed by atoms with van der Waals surface area (Å²) in [5.74, 6) is 0.488. The molecule has 3 N–H and O–H groups in total. The summed E-state index contributed by atoms with van der Waals surface area (Å²) in [6.07, 6.45) is 4.42. The number of nitrogens with zero attached hydrogens (tertiary/aromatic N) is 1. The van der Waals surface area contributed by atoms with Gasteiger partial charge in [0.2, 0.25) is 11.8 Å². The van der Waals surface area contributed by atoms with Crippen molar-refractivity contribution in [3.63, 3.8) is 0 Å². The van der Waals surface area contributed by atoms with Crippen LogP contribution >= 0.6 is 0 Å². The zero-order valence-electron chi connectivity index (χ0n) is 20.1. The third-order valence-corrected chi connectivity index (χ3v) is 5.90. The largest absolute Gasteiger partial charge is 0.338 e. The van der Waals surface area contributed by atoms with Gasteiger partial charge in [-0.3, -0.25) is 9.59 Å². The Balaban J connectivity index is 1.20. The summed E-state index contributed by atoms with van der Waals surface area (Å²) in [7, 11) is 0. The highest BCUT2D eigenvalue weighted by Gasteiger charge is 2.08. The van der Waals surface area contributed by atoms with Gasteiger partial charge in [0.25, 0.3) is 0 Å². The second-order valence-electron chi connectivity index (χ2n) is 8.66. The number of anilines is 2. The Morgan fingerprint density at radius 3 is 2.24 bits per heavy atom. The average molecular weight is 487 g/mol. The normalized spacial score (nSPS) is 11.0. The lowest BCUT2D eigenvalue weighted by Gasteiger charge is -2.06. The first-order valence-electron chi connectivity index (χ1n) is 12.1. The van der Waals surface area contributed by atoms with Gasteiger partial charge in [-0.1, -0.05) is 60.7 Å². The zero-order chi connectivity index (χ0) is 25.5. The van der Waals surface area contributed by atoms with Crippen molar-refractivity contribution in [3.05, 3.63) is 120 Å². The molecule has 0 atom stereocenters. The average Bonchev–Trinajstić information content (AvgIpc) is 3.36. The van der Waals surface area contributed by atoms with Crippen LogP contribution in [0.5, 0.6) is 0 Å². The number of benzene rings is 4. The highest BCUT2D eigenvalue weighted by atomic mass is 16.2. The number of aromatic nitrogens is 2. The third kappa shape index (κ3) is 6.38. The number of aryl methyl sites for hydroxylation is 1. The van der Waals surface area contributed by atoms with E-state index in [2.05, 4.69) is 20.6 Å². The molecule has 0 aliphatic carbocycles. The van der Waals surface area contributed by atoms with E-state index in [1.54, 1.807) is 6.08 Å². The van der Waals surface area contributed by atoms with E-state index in [4.69, 9.17) is 0 Å². The predicted molar refractivity (Wildman–Crippen MR) is 149 cm³/mol. The van der Waals surface area contributed by atoms with E-state index in [-0.39, 0.29) is 11.8 Å². The molecule has 37 heavy (non-hydrogen) atoms. The number of carbonyl (C=O) groups excluding carboxylic acids is 2. The van der Waals surface area contributed by atoms with Crippen molar-refractivity contribution < 1.29 is 9.59 Å². The van der Waals surface area contributed by atoms with Gasteiger partial charge >= 0.3 is 0 Å². The van der Waals surface area contributed by atoms with E-state index in [0.29, 0.717) is 24.4 Å². The number of rotatable bonds is 8. The quantitative estimate of drug-likeness (QED) is 0.220. The van der Waals surface area contributed by atoms with Crippen LogP contribution in [0.4, 0.5) is 11.4 Å². The molecule has 0 bridgehead atoms. The Hall–Kier alpha value is -4.97. The summed E-state index contributed by atoms with van der Waals surface area (Å²) >= 11 is 0. The van der Waals surface area contributed by atoms with Crippen LogP contribution in [0.25, 0.3) is 28.5 Å². The van der Waals surface area contributed by atoms with Crippen LogP contribution in [0.15, 0.2) is 109 Å². The van der Waals surface area contributed by atoms with Crippen molar-refractivity contribution in [2.24, 2.45) is 0 Å². The molecule has 182 valence electrons. The van der Waals surface area contributed by atoms with Crippen LogP contribution in [0.3, 0.4) is 0 Å². The number of amides is 2. The Labute approximate surface area is 215 Å². The number of aromatic amines is 1. The molecule has 0 spiro atoms. The molecule has 6 nitrogen and oxygen atoms in total. The molecule has 5 aromatic rings. The van der Waals surface area contributed by atoms with Gasteiger partial charge < -0.3 is 15.6 Å². The van der Waals surface area contributed by atoms with E-state index in [0.717, 1.165) is 33.4 Å². The summed E-state index contributed by atoms with van der Waals surface area (Å²) in [6.45, 7) is 0. The first-order valence-corrected chi connectivity index (χ1v) is 12.1. The van der Waals surface area contributed by atoms with Gasteiger partial charge in [-0.15, -0.1) is 0 Å². The lowest BCUT2D eigenvalue weighted by molar-refractivity contribution is -0.116. The smallest absolute Gasteiger partial charge is 0.248 e. The van der Waals surface area contributed by atoms with Gasteiger partial charge in [-0.25, -0.2) is 4.98 Å². The van der Waals surface area contributed by atoms with Gasteiger partial charge in [-0.05, 0) is 66.1 Å². The molecule has 6 heteroatoms. The molecule has 0 aliphatic heterocycles. The van der Waals surface area contributed by atoms with Crippen molar-refractivity contribution in [2.45, 2.75) is 12.8 Å². The van der Waals surface area contributed by atoms with E-state index < -0.39 is 0 Å². The fourth-order valence-corrected chi connectivity index (χ4v) is 3.98. The molecule has 2 amide bonds.